The molecule has 4 aromatic rings. The van der Waals surface area contributed by atoms with Gasteiger partial charge in [0.15, 0.2) is 6.10 Å². The summed E-state index contributed by atoms with van der Waals surface area (Å²) in [4.78, 5) is 93.8. The molecule has 0 saturated carbocycles. The quantitative estimate of drug-likeness (QED) is 0.114. The lowest BCUT2D eigenvalue weighted by Crippen LogP contribution is -2.59. The van der Waals surface area contributed by atoms with Gasteiger partial charge in [-0.3, -0.25) is 28.8 Å². The Labute approximate surface area is 337 Å². The van der Waals surface area contributed by atoms with Crippen LogP contribution in [0, 0.1) is 0 Å². The number of carboxylic acid groups (broad SMARTS) is 1. The number of hydrogen-bond donors (Lipinski definition) is 6. The van der Waals surface area contributed by atoms with E-state index in [0.717, 1.165) is 11.4 Å². The molecule has 0 fully saturated rings. The van der Waals surface area contributed by atoms with E-state index in [4.69, 9.17) is 4.74 Å². The third-order valence-corrected chi connectivity index (χ3v) is 9.61. The Morgan fingerprint density at radius 3 is 1.58 bits per heavy atom. The van der Waals surface area contributed by atoms with Gasteiger partial charge >= 0.3 is 11.9 Å². The van der Waals surface area contributed by atoms with Gasteiger partial charge < -0.3 is 36.4 Å². The first-order valence-corrected chi connectivity index (χ1v) is 18.9. The topological polar surface area (TPSA) is 209 Å². The van der Waals surface area contributed by atoms with Gasteiger partial charge in [0.1, 0.15) is 24.2 Å². The third-order valence-electron chi connectivity index (χ3n) is 9.08. The number of carbonyl (C=O) groups is 7. The molecular formula is C42H42BrN5O9. The summed E-state index contributed by atoms with van der Waals surface area (Å²) in [5.41, 5.74) is 2.76. The molecule has 6 rings (SSSR count). The first-order valence-electron chi connectivity index (χ1n) is 18.2. The summed E-state index contributed by atoms with van der Waals surface area (Å²) in [6, 6.07) is 25.5. The predicted molar refractivity (Wildman–Crippen MR) is 212 cm³/mol. The molecule has 0 spiro atoms. The molecule has 2 bridgehead atoms. The second-order valence-corrected chi connectivity index (χ2v) is 14.5. The van der Waals surface area contributed by atoms with Crippen molar-refractivity contribution >= 4 is 63.1 Å². The van der Waals surface area contributed by atoms with Crippen molar-refractivity contribution in [2.75, 3.05) is 5.32 Å². The lowest BCUT2D eigenvalue weighted by molar-refractivity contribution is -0.153. The maximum atomic E-state index is 14.3. The molecular weight excluding hydrogens is 798 g/mol. The van der Waals surface area contributed by atoms with Crippen LogP contribution in [0.5, 0.6) is 0 Å². The number of nitrogens with one attached hydrogen (secondary N) is 5. The minimum Gasteiger partial charge on any atom is -0.480 e. The van der Waals surface area contributed by atoms with E-state index in [1.54, 1.807) is 97.1 Å². The largest absolute Gasteiger partial charge is 0.480 e. The van der Waals surface area contributed by atoms with E-state index in [1.807, 2.05) is 0 Å². The lowest BCUT2D eigenvalue weighted by atomic mass is 10.0. The van der Waals surface area contributed by atoms with Gasteiger partial charge in [-0.05, 0) is 46.5 Å². The van der Waals surface area contributed by atoms with Crippen LogP contribution in [0.15, 0.2) is 114 Å². The van der Waals surface area contributed by atoms with E-state index in [-0.39, 0.29) is 31.4 Å². The van der Waals surface area contributed by atoms with Crippen LogP contribution >= 0.6 is 15.9 Å². The molecule has 0 radical (unpaired) electrons. The van der Waals surface area contributed by atoms with E-state index in [2.05, 4.69) is 42.5 Å². The molecule has 2 aliphatic rings. The highest BCUT2D eigenvalue weighted by Crippen LogP contribution is 2.16. The molecule has 4 aromatic carbocycles. The van der Waals surface area contributed by atoms with Gasteiger partial charge in [-0.25, -0.2) is 4.79 Å². The average molecular weight is 841 g/mol. The Morgan fingerprint density at radius 1 is 0.614 bits per heavy atom. The molecule has 6 N–H and O–H groups in total. The van der Waals surface area contributed by atoms with Crippen molar-refractivity contribution in [3.63, 3.8) is 0 Å². The molecule has 0 aromatic heterocycles. The first kappa shape index (κ1) is 41.8. The van der Waals surface area contributed by atoms with Crippen LogP contribution < -0.4 is 26.6 Å². The third kappa shape index (κ3) is 12.9. The molecule has 57 heavy (non-hydrogen) atoms. The summed E-state index contributed by atoms with van der Waals surface area (Å²) in [7, 11) is 0. The average Bonchev–Trinajstić information content (AvgIpc) is 3.18. The van der Waals surface area contributed by atoms with Crippen LogP contribution in [0.4, 0.5) is 5.69 Å². The standard InChI is InChI=1S/C42H42BrN5O9/c1-25(49)57-36-24-37(50)45-32(20-26-8-4-2-5-9-26)38(51)46-34(22-28-12-16-30(43)17-13-28)39(52)47-33(21-27-10-6-3-7-11-27)40(53)48-35(42(55)56)23-29-14-18-31(19-15-29)44-41(36)54/h2-19,32-36H,20-24H2,1H3,(H,44,54)(H,45,50)(H,46,51)(H,47,52)(H,48,53)(H,55,56)/t32-,33-,34+,35-,36-/m1/s1. The van der Waals surface area contributed by atoms with Crippen LogP contribution in [-0.4, -0.2) is 76.9 Å². The molecule has 5 atom stereocenters. The smallest absolute Gasteiger partial charge is 0.326 e. The Kier molecular flexibility index (Phi) is 14.7. The van der Waals surface area contributed by atoms with E-state index in [1.165, 1.54) is 12.1 Å². The summed E-state index contributed by atoms with van der Waals surface area (Å²) < 4.78 is 5.99. The zero-order valence-electron chi connectivity index (χ0n) is 30.9. The number of esters is 1. The summed E-state index contributed by atoms with van der Waals surface area (Å²) in [5, 5.41) is 23.5. The van der Waals surface area contributed by atoms with E-state index in [0.29, 0.717) is 22.3 Å². The molecule has 2 heterocycles. The first-order chi connectivity index (χ1) is 27.3. The number of rotatable bonds is 8. The van der Waals surface area contributed by atoms with Crippen molar-refractivity contribution in [3.05, 3.63) is 136 Å². The Balaban J connectivity index is 1.55. The van der Waals surface area contributed by atoms with Gasteiger partial charge in [-0.2, -0.15) is 0 Å². The van der Waals surface area contributed by atoms with Crippen LogP contribution in [0.25, 0.3) is 0 Å². The zero-order valence-corrected chi connectivity index (χ0v) is 32.5. The van der Waals surface area contributed by atoms with Crippen molar-refractivity contribution in [3.8, 4) is 0 Å². The number of ether oxygens (including phenoxy) is 1. The van der Waals surface area contributed by atoms with Gasteiger partial charge in [0.05, 0.1) is 6.42 Å². The number of carbonyl (C=O) groups excluding carboxylic acids is 6. The Hall–Kier alpha value is -6.35. The number of amides is 5. The van der Waals surface area contributed by atoms with Crippen molar-refractivity contribution in [1.29, 1.82) is 0 Å². The fraction of sp³-hybridized carbons (Fsp3) is 0.262. The summed E-state index contributed by atoms with van der Waals surface area (Å²) >= 11 is 3.40. The summed E-state index contributed by atoms with van der Waals surface area (Å²) in [5.74, 6) is -6.03. The number of carboxylic acids is 1. The number of anilines is 1. The predicted octanol–water partition coefficient (Wildman–Crippen LogP) is 3.02. The summed E-state index contributed by atoms with van der Waals surface area (Å²) in [6.07, 6.45) is -2.42. The molecule has 0 saturated heterocycles. The van der Waals surface area contributed by atoms with Crippen LogP contribution in [0.1, 0.15) is 35.6 Å². The SMILES string of the molecule is CC(=O)O[C@@H]1CC(=O)N[C@H](Cc2ccccc2)C(=O)N[C@@H](Cc2ccc(Br)cc2)C(=O)N[C@H](Cc2ccccc2)C(=O)N[C@@H](C(=O)O)Cc2ccc(cc2)NC1=O. The van der Waals surface area contributed by atoms with Crippen LogP contribution in [0.2, 0.25) is 0 Å². The molecule has 15 heteroatoms. The highest BCUT2D eigenvalue weighted by molar-refractivity contribution is 9.10. The zero-order chi connectivity index (χ0) is 40.9. The maximum Gasteiger partial charge on any atom is 0.326 e. The number of aliphatic carboxylic acids is 1. The second kappa shape index (κ2) is 20.0. The van der Waals surface area contributed by atoms with E-state index < -0.39 is 78.2 Å². The molecule has 0 unspecified atom stereocenters. The van der Waals surface area contributed by atoms with Gasteiger partial charge in [0.25, 0.3) is 5.91 Å². The molecule has 296 valence electrons. The van der Waals surface area contributed by atoms with Gasteiger partial charge in [0, 0.05) is 42.8 Å². The number of hydrogen-bond acceptors (Lipinski definition) is 8. The maximum absolute atomic E-state index is 14.3. The molecule has 5 amide bonds. The fourth-order valence-corrected chi connectivity index (χ4v) is 6.46. The highest BCUT2D eigenvalue weighted by Gasteiger charge is 2.33. The van der Waals surface area contributed by atoms with Crippen LogP contribution in [-0.2, 0) is 64.0 Å². The van der Waals surface area contributed by atoms with Gasteiger partial charge in [0.2, 0.25) is 23.6 Å². The van der Waals surface area contributed by atoms with Crippen molar-refractivity contribution < 1.29 is 43.4 Å². The normalized spacial score (nSPS) is 21.1. The monoisotopic (exact) mass is 839 g/mol. The lowest BCUT2D eigenvalue weighted by Gasteiger charge is -2.26. The number of halogens is 1. The molecule has 14 nitrogen and oxygen atoms in total. The minimum atomic E-state index is -1.58. The van der Waals surface area contributed by atoms with Crippen LogP contribution in [0.3, 0.4) is 0 Å². The molecule has 2 aliphatic heterocycles. The number of benzene rings is 4. The van der Waals surface area contributed by atoms with E-state index in [9.17, 15) is 38.7 Å². The Bertz CT molecular complexity index is 2070. The van der Waals surface area contributed by atoms with Gasteiger partial charge in [-0.1, -0.05) is 101 Å². The Morgan fingerprint density at radius 2 is 1.09 bits per heavy atom. The molecule has 0 aliphatic carbocycles. The van der Waals surface area contributed by atoms with Crippen molar-refractivity contribution in [1.82, 2.24) is 21.3 Å². The number of fused-ring (bicyclic) bond motifs is 18. The van der Waals surface area contributed by atoms with Crippen molar-refractivity contribution in [2.45, 2.75) is 69.3 Å². The van der Waals surface area contributed by atoms with E-state index >= 15 is 0 Å². The highest BCUT2D eigenvalue weighted by atomic mass is 79.9. The second-order valence-electron chi connectivity index (χ2n) is 13.5. The fourth-order valence-electron chi connectivity index (χ4n) is 6.19. The minimum absolute atomic E-state index is 0.00567. The van der Waals surface area contributed by atoms with Crippen molar-refractivity contribution in [2.24, 2.45) is 0 Å². The van der Waals surface area contributed by atoms with Gasteiger partial charge in [-0.15, -0.1) is 0 Å². The summed E-state index contributed by atoms with van der Waals surface area (Å²) in [6.45, 7) is 1.09.